The van der Waals surface area contributed by atoms with Crippen LogP contribution in [0.4, 0.5) is 16.2 Å². The molecule has 5 N–H and O–H groups in total. The molecule has 11 heteroatoms. The van der Waals surface area contributed by atoms with E-state index in [1.807, 2.05) is 42.5 Å². The third kappa shape index (κ3) is 6.37. The topological polar surface area (TPSA) is 134 Å². The quantitative estimate of drug-likeness (QED) is 0.198. The van der Waals surface area contributed by atoms with E-state index in [1.165, 1.54) is 11.2 Å². The number of hydrogen-bond donors (Lipinski definition) is 4. The Morgan fingerprint density at radius 3 is 2.48 bits per heavy atom. The largest absolute Gasteiger partial charge is 0.508 e. The number of aromatic hydroxyl groups is 1. The number of fused-ring (bicyclic) bond motifs is 1. The fourth-order valence-electron chi connectivity index (χ4n) is 5.77. The third-order valence-electron chi connectivity index (χ3n) is 7.86. The zero-order chi connectivity index (χ0) is 31.2. The zero-order valence-electron chi connectivity index (χ0n) is 24.4. The number of amides is 4. The van der Waals surface area contributed by atoms with Crippen LogP contribution in [0.25, 0.3) is 0 Å². The van der Waals surface area contributed by atoms with E-state index in [1.54, 1.807) is 51.2 Å². The summed E-state index contributed by atoms with van der Waals surface area (Å²) in [5.74, 6) is -0.368. The van der Waals surface area contributed by atoms with E-state index in [0.717, 1.165) is 16.7 Å². The third-order valence-corrected chi connectivity index (χ3v) is 7.86. The van der Waals surface area contributed by atoms with Crippen LogP contribution in [0.15, 0.2) is 98.2 Å². The van der Waals surface area contributed by atoms with Gasteiger partial charge in [0, 0.05) is 19.5 Å². The fourth-order valence-corrected chi connectivity index (χ4v) is 5.77. The number of hydrazine groups is 1. The minimum atomic E-state index is -0.828. The summed E-state index contributed by atoms with van der Waals surface area (Å²) >= 11 is 0. The summed E-state index contributed by atoms with van der Waals surface area (Å²) in [4.78, 5) is 44.6. The molecule has 2 atom stereocenters. The fraction of sp³-hybridized carbons (Fsp3) is 0.242. The van der Waals surface area contributed by atoms with Gasteiger partial charge in [-0.25, -0.2) is 4.79 Å². The molecule has 3 aromatic carbocycles. The van der Waals surface area contributed by atoms with Crippen LogP contribution in [0.3, 0.4) is 0 Å². The van der Waals surface area contributed by atoms with Crippen LogP contribution in [0.2, 0.25) is 0 Å². The van der Waals surface area contributed by atoms with Crippen LogP contribution in [-0.2, 0) is 29.1 Å². The molecular formula is C33H37N7O4. The number of hydrogen-bond acceptors (Lipinski definition) is 7. The van der Waals surface area contributed by atoms with Gasteiger partial charge in [0.2, 0.25) is 11.8 Å². The number of nitrogens with two attached hydrogens (primary N) is 1. The highest BCUT2D eigenvalue weighted by Gasteiger charge is 2.52. The van der Waals surface area contributed by atoms with Crippen LogP contribution in [0, 0.1) is 0 Å². The molecule has 0 aliphatic carbocycles. The first-order chi connectivity index (χ1) is 21.3. The van der Waals surface area contributed by atoms with Crippen molar-refractivity contribution >= 4 is 29.2 Å². The van der Waals surface area contributed by atoms with Crippen molar-refractivity contribution < 1.29 is 19.5 Å². The van der Waals surface area contributed by atoms with E-state index in [9.17, 15) is 19.5 Å². The highest BCUT2D eigenvalue weighted by atomic mass is 16.3. The summed E-state index contributed by atoms with van der Waals surface area (Å²) in [7, 11) is 0. The maximum atomic E-state index is 14.1. The number of anilines is 2. The first-order valence-electron chi connectivity index (χ1n) is 14.4. The molecule has 3 aromatic rings. The number of rotatable bonds is 11. The maximum absolute atomic E-state index is 14.1. The molecule has 228 valence electrons. The standard InChI is InChI=1S/C33H37N7O4/c1-3-17-38(33(44)36-19-24-9-6-5-7-10-24)39-22-30(42)40-28(18-23-13-15-26(41)16-14-23)32(43)37(21-29(39)40)20-25-11-8-12-27(34)31(25)35-4-2/h3-16,28-29,35,41H,1-2,17-22,34H2,(H,36,44)/t28-,29+/m0/s1. The van der Waals surface area contributed by atoms with Gasteiger partial charge >= 0.3 is 6.03 Å². The predicted molar refractivity (Wildman–Crippen MR) is 169 cm³/mol. The summed E-state index contributed by atoms with van der Waals surface area (Å²) in [6, 6.07) is 20.4. The van der Waals surface area contributed by atoms with Gasteiger partial charge in [-0.15, -0.1) is 6.58 Å². The Bertz CT molecular complexity index is 1530. The van der Waals surface area contributed by atoms with Crippen molar-refractivity contribution in [3.63, 3.8) is 0 Å². The lowest BCUT2D eigenvalue weighted by Gasteiger charge is -2.46. The lowest BCUT2D eigenvalue weighted by Crippen LogP contribution is -2.66. The molecule has 2 fully saturated rings. The first-order valence-corrected chi connectivity index (χ1v) is 14.4. The summed E-state index contributed by atoms with van der Waals surface area (Å²) in [5, 5.41) is 19.0. The van der Waals surface area contributed by atoms with Crippen molar-refractivity contribution in [3.8, 4) is 5.75 Å². The van der Waals surface area contributed by atoms with Crippen molar-refractivity contribution in [1.82, 2.24) is 25.1 Å². The predicted octanol–water partition coefficient (Wildman–Crippen LogP) is 3.27. The molecule has 0 bridgehead atoms. The van der Waals surface area contributed by atoms with E-state index in [-0.39, 0.29) is 56.2 Å². The van der Waals surface area contributed by atoms with Crippen LogP contribution in [0.1, 0.15) is 16.7 Å². The Labute approximate surface area is 256 Å². The minimum absolute atomic E-state index is 0.0774. The van der Waals surface area contributed by atoms with Crippen molar-refractivity contribution in [2.24, 2.45) is 0 Å². The molecule has 0 aromatic heterocycles. The second kappa shape index (κ2) is 13.3. The number of nitrogen functional groups attached to an aromatic ring is 1. The maximum Gasteiger partial charge on any atom is 0.332 e. The SMILES string of the molecule is C=CCN(C(=O)NCc1ccccc1)N1CC(=O)N2[C@@H](Cc3ccc(O)cc3)C(=O)N(Cc3cccc(N)c3NC=C)C[C@@H]21. The van der Waals surface area contributed by atoms with E-state index in [4.69, 9.17) is 5.73 Å². The number of phenols is 1. The second-order valence-corrected chi connectivity index (χ2v) is 10.7. The number of piperazine rings is 1. The highest BCUT2D eigenvalue weighted by molar-refractivity contribution is 5.92. The molecule has 0 saturated carbocycles. The lowest BCUT2D eigenvalue weighted by molar-refractivity contribution is -0.157. The van der Waals surface area contributed by atoms with E-state index in [2.05, 4.69) is 23.8 Å². The van der Waals surface area contributed by atoms with Crippen LogP contribution >= 0.6 is 0 Å². The molecule has 5 rings (SSSR count). The lowest BCUT2D eigenvalue weighted by atomic mass is 9.99. The average molecular weight is 596 g/mol. The number of urea groups is 1. The molecule has 2 heterocycles. The molecule has 2 aliphatic rings. The molecule has 44 heavy (non-hydrogen) atoms. The highest BCUT2D eigenvalue weighted by Crippen LogP contribution is 2.32. The number of carbonyl (C=O) groups is 3. The number of benzene rings is 3. The monoisotopic (exact) mass is 595 g/mol. The number of carbonyl (C=O) groups excluding carboxylic acids is 3. The molecule has 2 saturated heterocycles. The van der Waals surface area contributed by atoms with Gasteiger partial charge in [-0.2, -0.15) is 5.01 Å². The molecule has 0 radical (unpaired) electrons. The van der Waals surface area contributed by atoms with Gasteiger partial charge in [0.25, 0.3) is 0 Å². The molecular weight excluding hydrogens is 558 g/mol. The number of nitrogens with zero attached hydrogens (tertiary/aromatic N) is 4. The second-order valence-electron chi connectivity index (χ2n) is 10.7. The van der Waals surface area contributed by atoms with Crippen molar-refractivity contribution in [3.05, 3.63) is 115 Å². The minimum Gasteiger partial charge on any atom is -0.508 e. The van der Waals surface area contributed by atoms with Gasteiger partial charge in [-0.1, -0.05) is 67.3 Å². The number of phenolic OH excluding ortho intramolecular Hbond substituents is 1. The summed E-state index contributed by atoms with van der Waals surface area (Å²) in [6.45, 7) is 8.37. The smallest absolute Gasteiger partial charge is 0.332 e. The van der Waals surface area contributed by atoms with Crippen molar-refractivity contribution in [1.29, 1.82) is 0 Å². The average Bonchev–Trinajstić information content (AvgIpc) is 3.35. The van der Waals surface area contributed by atoms with Gasteiger partial charge in [0.05, 0.1) is 31.0 Å². The summed E-state index contributed by atoms with van der Waals surface area (Å²) in [5.41, 5.74) is 9.91. The van der Waals surface area contributed by atoms with E-state index >= 15 is 0 Å². The normalized spacial score (nSPS) is 18.1. The van der Waals surface area contributed by atoms with Gasteiger partial charge < -0.3 is 31.3 Å². The Morgan fingerprint density at radius 2 is 1.77 bits per heavy atom. The Morgan fingerprint density at radius 1 is 1.02 bits per heavy atom. The van der Waals surface area contributed by atoms with Gasteiger partial charge in [-0.05, 0) is 41.1 Å². The van der Waals surface area contributed by atoms with E-state index < -0.39 is 12.2 Å². The van der Waals surface area contributed by atoms with Crippen molar-refractivity contribution in [2.45, 2.75) is 31.7 Å². The van der Waals surface area contributed by atoms with Crippen LogP contribution < -0.4 is 16.4 Å². The molecule has 0 spiro atoms. The molecule has 0 unspecified atom stereocenters. The number of para-hydroxylation sites is 1. The van der Waals surface area contributed by atoms with Gasteiger partial charge in [0.15, 0.2) is 0 Å². The Kier molecular flexibility index (Phi) is 9.15. The molecule has 2 aliphatic heterocycles. The zero-order valence-corrected chi connectivity index (χ0v) is 24.4. The van der Waals surface area contributed by atoms with Crippen LogP contribution in [0.5, 0.6) is 5.75 Å². The molecule has 4 amide bonds. The van der Waals surface area contributed by atoms with Crippen LogP contribution in [-0.4, -0.2) is 74.6 Å². The Hall–Kier alpha value is -5.29. The number of nitrogens with one attached hydrogen (secondary N) is 2. The van der Waals surface area contributed by atoms with Gasteiger partial charge in [0.1, 0.15) is 18.0 Å². The summed E-state index contributed by atoms with van der Waals surface area (Å²) in [6.07, 6.45) is 2.76. The summed E-state index contributed by atoms with van der Waals surface area (Å²) < 4.78 is 0. The molecule has 11 nitrogen and oxygen atoms in total. The van der Waals surface area contributed by atoms with E-state index in [0.29, 0.717) is 17.9 Å². The van der Waals surface area contributed by atoms with Gasteiger partial charge in [-0.3, -0.25) is 14.6 Å². The Balaban J connectivity index is 1.47. The van der Waals surface area contributed by atoms with Crippen molar-refractivity contribution in [2.75, 3.05) is 30.7 Å². The first kappa shape index (κ1) is 30.2.